The summed E-state index contributed by atoms with van der Waals surface area (Å²) in [5.41, 5.74) is 1.13. The fraction of sp³-hybridized carbons (Fsp3) is 0.600. The summed E-state index contributed by atoms with van der Waals surface area (Å²) in [7, 11) is 1.87. The molecular weight excluding hydrogens is 162 g/mol. The van der Waals surface area contributed by atoms with Gasteiger partial charge in [0.25, 0.3) is 0 Å². The van der Waals surface area contributed by atoms with Crippen LogP contribution in [0, 0.1) is 0 Å². The second kappa shape index (κ2) is 4.80. The number of anilines is 1. The first kappa shape index (κ1) is 9.96. The molecule has 13 heavy (non-hydrogen) atoms. The van der Waals surface area contributed by atoms with Gasteiger partial charge in [0.2, 0.25) is 0 Å². The predicted molar refractivity (Wildman–Crippen MR) is 54.9 cm³/mol. The average Bonchev–Trinajstić information content (AvgIpc) is 2.18. The van der Waals surface area contributed by atoms with Gasteiger partial charge in [0.05, 0.1) is 0 Å². The molecule has 3 heteroatoms. The number of hydrogen-bond acceptors (Lipinski definition) is 3. The largest absolute Gasteiger partial charge is 0.373 e. The second-order valence-corrected chi connectivity index (χ2v) is 3.27. The van der Waals surface area contributed by atoms with Gasteiger partial charge in [-0.15, -0.1) is 0 Å². The summed E-state index contributed by atoms with van der Waals surface area (Å²) in [6.07, 6.45) is 3.99. The lowest BCUT2D eigenvalue weighted by atomic mass is 10.0. The molecule has 0 amide bonds. The Morgan fingerprint density at radius 1 is 1.46 bits per heavy atom. The van der Waals surface area contributed by atoms with Crippen LogP contribution in [0.15, 0.2) is 12.4 Å². The second-order valence-electron chi connectivity index (χ2n) is 3.27. The molecule has 0 aliphatic carbocycles. The van der Waals surface area contributed by atoms with Crippen molar-refractivity contribution in [2.75, 3.05) is 12.4 Å². The number of aromatic nitrogens is 2. The SMILES string of the molecule is CCCC(C)c1cc(NC)ncn1. The van der Waals surface area contributed by atoms with Crippen molar-refractivity contribution in [3.05, 3.63) is 18.1 Å². The molecule has 0 saturated heterocycles. The maximum absolute atomic E-state index is 4.25. The van der Waals surface area contributed by atoms with Gasteiger partial charge >= 0.3 is 0 Å². The highest BCUT2D eigenvalue weighted by Gasteiger charge is 2.06. The number of nitrogens with zero attached hydrogens (tertiary/aromatic N) is 2. The highest BCUT2D eigenvalue weighted by atomic mass is 15.0. The maximum Gasteiger partial charge on any atom is 0.129 e. The summed E-state index contributed by atoms with van der Waals surface area (Å²) in [4.78, 5) is 8.33. The molecule has 1 heterocycles. The van der Waals surface area contributed by atoms with Crippen LogP contribution in [-0.2, 0) is 0 Å². The lowest BCUT2D eigenvalue weighted by molar-refractivity contribution is 0.645. The van der Waals surface area contributed by atoms with Crippen molar-refractivity contribution in [3.8, 4) is 0 Å². The molecule has 0 aliphatic heterocycles. The zero-order chi connectivity index (χ0) is 9.68. The molecule has 1 N–H and O–H groups in total. The molecular formula is C10H17N3. The van der Waals surface area contributed by atoms with E-state index in [1.807, 2.05) is 13.1 Å². The minimum atomic E-state index is 0.528. The van der Waals surface area contributed by atoms with Crippen LogP contribution in [-0.4, -0.2) is 17.0 Å². The van der Waals surface area contributed by atoms with E-state index in [1.54, 1.807) is 6.33 Å². The van der Waals surface area contributed by atoms with E-state index in [0.717, 1.165) is 11.5 Å². The van der Waals surface area contributed by atoms with E-state index in [0.29, 0.717) is 5.92 Å². The van der Waals surface area contributed by atoms with E-state index < -0.39 is 0 Å². The lowest BCUT2D eigenvalue weighted by Gasteiger charge is -2.09. The molecule has 0 aliphatic rings. The first-order chi connectivity index (χ1) is 6.27. The van der Waals surface area contributed by atoms with Crippen molar-refractivity contribution in [1.29, 1.82) is 0 Å². The predicted octanol–water partition coefficient (Wildman–Crippen LogP) is 2.42. The Kier molecular flexibility index (Phi) is 3.68. The fourth-order valence-electron chi connectivity index (χ4n) is 1.36. The third-order valence-electron chi connectivity index (χ3n) is 2.17. The summed E-state index contributed by atoms with van der Waals surface area (Å²) in [5, 5.41) is 3.01. The van der Waals surface area contributed by atoms with E-state index >= 15 is 0 Å². The first-order valence-electron chi connectivity index (χ1n) is 4.77. The molecule has 0 aromatic carbocycles. The Morgan fingerprint density at radius 2 is 2.23 bits per heavy atom. The van der Waals surface area contributed by atoms with Gasteiger partial charge < -0.3 is 5.32 Å². The Bertz CT molecular complexity index is 260. The van der Waals surface area contributed by atoms with E-state index in [-0.39, 0.29) is 0 Å². The zero-order valence-corrected chi connectivity index (χ0v) is 8.54. The quantitative estimate of drug-likeness (QED) is 0.771. The molecule has 0 radical (unpaired) electrons. The first-order valence-corrected chi connectivity index (χ1v) is 4.77. The van der Waals surface area contributed by atoms with Crippen LogP contribution < -0.4 is 5.32 Å². The summed E-state index contributed by atoms with van der Waals surface area (Å²) in [6.45, 7) is 4.39. The van der Waals surface area contributed by atoms with Crippen molar-refractivity contribution in [1.82, 2.24) is 9.97 Å². The molecule has 72 valence electrons. The van der Waals surface area contributed by atoms with Gasteiger partial charge in [-0.3, -0.25) is 0 Å². The van der Waals surface area contributed by atoms with Crippen LogP contribution in [0.25, 0.3) is 0 Å². The Morgan fingerprint density at radius 3 is 2.85 bits per heavy atom. The van der Waals surface area contributed by atoms with Crippen LogP contribution in [0.3, 0.4) is 0 Å². The van der Waals surface area contributed by atoms with Crippen LogP contribution in [0.1, 0.15) is 38.3 Å². The molecule has 1 atom stereocenters. The molecule has 3 nitrogen and oxygen atoms in total. The molecule has 1 rings (SSSR count). The molecule has 1 aromatic heterocycles. The van der Waals surface area contributed by atoms with Gasteiger partial charge in [0.1, 0.15) is 12.1 Å². The van der Waals surface area contributed by atoms with Crippen molar-refractivity contribution in [3.63, 3.8) is 0 Å². The zero-order valence-electron chi connectivity index (χ0n) is 8.54. The van der Waals surface area contributed by atoms with Crippen molar-refractivity contribution in [2.45, 2.75) is 32.6 Å². The average molecular weight is 179 g/mol. The van der Waals surface area contributed by atoms with E-state index in [9.17, 15) is 0 Å². The topological polar surface area (TPSA) is 37.8 Å². The van der Waals surface area contributed by atoms with Crippen molar-refractivity contribution in [2.24, 2.45) is 0 Å². The highest BCUT2D eigenvalue weighted by Crippen LogP contribution is 2.19. The van der Waals surface area contributed by atoms with Gasteiger partial charge in [-0.05, 0) is 12.3 Å². The highest BCUT2D eigenvalue weighted by molar-refractivity contribution is 5.34. The van der Waals surface area contributed by atoms with E-state index in [1.165, 1.54) is 12.8 Å². The van der Waals surface area contributed by atoms with E-state index in [4.69, 9.17) is 0 Å². The summed E-state index contributed by atoms with van der Waals surface area (Å²) < 4.78 is 0. The third kappa shape index (κ3) is 2.68. The molecule has 0 bridgehead atoms. The summed E-state index contributed by atoms with van der Waals surface area (Å²) >= 11 is 0. The number of nitrogens with one attached hydrogen (secondary N) is 1. The van der Waals surface area contributed by atoms with Gasteiger partial charge in [-0.25, -0.2) is 9.97 Å². The number of hydrogen-bond donors (Lipinski definition) is 1. The molecule has 1 unspecified atom stereocenters. The van der Waals surface area contributed by atoms with Crippen LogP contribution in [0.2, 0.25) is 0 Å². The minimum absolute atomic E-state index is 0.528. The minimum Gasteiger partial charge on any atom is -0.373 e. The van der Waals surface area contributed by atoms with Crippen molar-refractivity contribution >= 4 is 5.82 Å². The van der Waals surface area contributed by atoms with Gasteiger partial charge in [-0.1, -0.05) is 20.3 Å². The number of rotatable bonds is 4. The smallest absolute Gasteiger partial charge is 0.129 e. The van der Waals surface area contributed by atoms with E-state index in [2.05, 4.69) is 29.1 Å². The molecule has 0 saturated carbocycles. The van der Waals surface area contributed by atoms with Crippen molar-refractivity contribution < 1.29 is 0 Å². The maximum atomic E-state index is 4.25. The Balaban J connectivity index is 2.75. The molecule has 0 spiro atoms. The van der Waals surface area contributed by atoms with Crippen LogP contribution >= 0.6 is 0 Å². The van der Waals surface area contributed by atoms with Gasteiger partial charge in [0, 0.05) is 18.8 Å². The monoisotopic (exact) mass is 179 g/mol. The molecule has 1 aromatic rings. The van der Waals surface area contributed by atoms with Gasteiger partial charge in [-0.2, -0.15) is 0 Å². The standard InChI is InChI=1S/C10H17N3/c1-4-5-8(2)9-6-10(11-3)13-7-12-9/h6-8H,4-5H2,1-3H3,(H,11,12,13). The third-order valence-corrected chi connectivity index (χ3v) is 2.17. The Hall–Kier alpha value is -1.12. The van der Waals surface area contributed by atoms with Crippen LogP contribution in [0.5, 0.6) is 0 Å². The van der Waals surface area contributed by atoms with Gasteiger partial charge in [0.15, 0.2) is 0 Å². The summed E-state index contributed by atoms with van der Waals surface area (Å²) in [6, 6.07) is 2.01. The van der Waals surface area contributed by atoms with Crippen LogP contribution in [0.4, 0.5) is 5.82 Å². The lowest BCUT2D eigenvalue weighted by Crippen LogP contribution is -2.00. The Labute approximate surface area is 79.6 Å². The molecule has 0 fully saturated rings. The normalized spacial score (nSPS) is 12.5. The summed E-state index contributed by atoms with van der Waals surface area (Å²) in [5.74, 6) is 1.42. The fourth-order valence-corrected chi connectivity index (χ4v) is 1.36.